The van der Waals surface area contributed by atoms with Crippen molar-refractivity contribution in [2.75, 3.05) is 13.7 Å². The summed E-state index contributed by atoms with van der Waals surface area (Å²) in [5.74, 6) is -2.67. The van der Waals surface area contributed by atoms with Crippen LogP contribution in [0.5, 0.6) is 0 Å². The number of halogens is 2. The second-order valence-corrected chi connectivity index (χ2v) is 6.06. The van der Waals surface area contributed by atoms with Gasteiger partial charge in [0.15, 0.2) is 0 Å². The first-order valence-corrected chi connectivity index (χ1v) is 6.96. The molecule has 0 amide bonds. The summed E-state index contributed by atoms with van der Waals surface area (Å²) in [6.07, 6.45) is 2.61. The molecule has 0 aromatic rings. The van der Waals surface area contributed by atoms with Gasteiger partial charge in [-0.05, 0) is 46.1 Å². The molecule has 19 heavy (non-hydrogen) atoms. The summed E-state index contributed by atoms with van der Waals surface area (Å²) in [5, 5.41) is 3.30. The van der Waals surface area contributed by atoms with E-state index in [4.69, 9.17) is 4.74 Å². The van der Waals surface area contributed by atoms with Crippen molar-refractivity contribution >= 4 is 5.97 Å². The van der Waals surface area contributed by atoms with E-state index in [-0.39, 0.29) is 24.9 Å². The van der Waals surface area contributed by atoms with Crippen molar-refractivity contribution in [3.63, 3.8) is 0 Å². The van der Waals surface area contributed by atoms with Crippen LogP contribution in [0.1, 0.15) is 52.4 Å². The monoisotopic (exact) mass is 277 g/mol. The molecule has 0 bridgehead atoms. The van der Waals surface area contributed by atoms with Crippen LogP contribution >= 0.6 is 0 Å². The Bertz CT molecular complexity index is 296. The lowest BCUT2D eigenvalue weighted by Gasteiger charge is -2.29. The third-order valence-corrected chi connectivity index (χ3v) is 3.87. The van der Waals surface area contributed by atoms with Crippen molar-refractivity contribution in [3.05, 3.63) is 0 Å². The summed E-state index contributed by atoms with van der Waals surface area (Å²) in [6, 6.07) is 0.195. The van der Waals surface area contributed by atoms with Gasteiger partial charge in [-0.3, -0.25) is 4.79 Å². The Balaban J connectivity index is 2.16. The molecule has 1 fully saturated rings. The zero-order valence-corrected chi connectivity index (χ0v) is 12.1. The van der Waals surface area contributed by atoms with E-state index in [0.717, 1.165) is 19.4 Å². The Labute approximate surface area is 114 Å². The average molecular weight is 277 g/mol. The molecule has 0 spiro atoms. The summed E-state index contributed by atoms with van der Waals surface area (Å²) < 4.78 is 30.7. The predicted molar refractivity (Wildman–Crippen MR) is 70.2 cm³/mol. The van der Waals surface area contributed by atoms with Crippen LogP contribution in [0.4, 0.5) is 8.78 Å². The zero-order valence-electron chi connectivity index (χ0n) is 12.1. The van der Waals surface area contributed by atoms with Crippen molar-refractivity contribution in [1.29, 1.82) is 0 Å². The van der Waals surface area contributed by atoms with Gasteiger partial charge in [-0.15, -0.1) is 0 Å². The maximum Gasteiger partial charge on any atom is 0.311 e. The highest BCUT2D eigenvalue weighted by Gasteiger charge is 2.34. The smallest absolute Gasteiger partial charge is 0.311 e. The van der Waals surface area contributed by atoms with Gasteiger partial charge >= 0.3 is 5.97 Å². The number of hydrogen-bond donors (Lipinski definition) is 1. The number of alkyl halides is 2. The molecule has 1 rings (SSSR count). The van der Waals surface area contributed by atoms with E-state index in [1.807, 2.05) is 13.8 Å². The predicted octanol–water partition coefficient (Wildman–Crippen LogP) is 3.13. The first-order chi connectivity index (χ1) is 8.77. The molecule has 0 radical (unpaired) electrons. The van der Waals surface area contributed by atoms with Gasteiger partial charge in [0.1, 0.15) is 0 Å². The Morgan fingerprint density at radius 2 is 1.95 bits per heavy atom. The molecule has 1 aliphatic rings. The molecule has 0 unspecified atom stereocenters. The molecule has 112 valence electrons. The van der Waals surface area contributed by atoms with Crippen LogP contribution in [0.25, 0.3) is 0 Å². The van der Waals surface area contributed by atoms with Gasteiger partial charge in [-0.1, -0.05) is 0 Å². The molecule has 1 N–H and O–H groups in total. The molecule has 0 aliphatic heterocycles. The Kier molecular flexibility index (Phi) is 5.71. The molecule has 3 nitrogen and oxygen atoms in total. The fraction of sp³-hybridized carbons (Fsp3) is 0.929. The molecule has 1 saturated carbocycles. The van der Waals surface area contributed by atoms with Gasteiger partial charge in [0, 0.05) is 18.9 Å². The van der Waals surface area contributed by atoms with Crippen LogP contribution in [-0.4, -0.2) is 31.6 Å². The van der Waals surface area contributed by atoms with Crippen LogP contribution in [0, 0.1) is 5.41 Å². The van der Waals surface area contributed by atoms with Crippen molar-refractivity contribution in [1.82, 2.24) is 5.32 Å². The van der Waals surface area contributed by atoms with Crippen molar-refractivity contribution in [2.45, 2.75) is 64.3 Å². The number of carbonyl (C=O) groups excluding carboxylic acids is 1. The van der Waals surface area contributed by atoms with Crippen LogP contribution in [0.3, 0.4) is 0 Å². The second-order valence-electron chi connectivity index (χ2n) is 6.06. The van der Waals surface area contributed by atoms with E-state index in [9.17, 15) is 13.6 Å². The Morgan fingerprint density at radius 3 is 2.47 bits per heavy atom. The molecular weight excluding hydrogens is 252 g/mol. The Morgan fingerprint density at radius 1 is 1.37 bits per heavy atom. The van der Waals surface area contributed by atoms with Gasteiger partial charge < -0.3 is 10.1 Å². The number of esters is 1. The summed E-state index contributed by atoms with van der Waals surface area (Å²) >= 11 is 0. The maximum atomic E-state index is 13.0. The first kappa shape index (κ1) is 16.3. The van der Waals surface area contributed by atoms with Crippen LogP contribution in [-0.2, 0) is 9.53 Å². The number of methoxy groups -OCH3 is 1. The highest BCUT2D eigenvalue weighted by molar-refractivity contribution is 5.75. The minimum absolute atomic E-state index is 0.0156. The molecule has 0 aromatic heterocycles. The van der Waals surface area contributed by atoms with Crippen LogP contribution in [0.15, 0.2) is 0 Å². The average Bonchev–Trinajstić information content (AvgIpc) is 2.35. The van der Waals surface area contributed by atoms with E-state index < -0.39 is 11.3 Å². The lowest BCUT2D eigenvalue weighted by Crippen LogP contribution is -2.38. The fourth-order valence-electron chi connectivity index (χ4n) is 2.46. The van der Waals surface area contributed by atoms with E-state index in [1.54, 1.807) is 0 Å². The number of nitrogens with one attached hydrogen (secondary N) is 1. The standard InChI is InChI=1S/C14H25F2NO2/c1-13(2,12(18)19-3)7-4-10-17-11-5-8-14(15,16)9-6-11/h11,17H,4-10H2,1-3H3. The largest absolute Gasteiger partial charge is 0.469 e. The van der Waals surface area contributed by atoms with Crippen LogP contribution in [0.2, 0.25) is 0 Å². The summed E-state index contributed by atoms with van der Waals surface area (Å²) in [7, 11) is 1.39. The topological polar surface area (TPSA) is 38.3 Å². The summed E-state index contributed by atoms with van der Waals surface area (Å²) in [4.78, 5) is 11.5. The molecule has 0 saturated heterocycles. The number of hydrogen-bond acceptors (Lipinski definition) is 3. The number of rotatable bonds is 6. The maximum absolute atomic E-state index is 13.0. The van der Waals surface area contributed by atoms with Gasteiger partial charge in [0.25, 0.3) is 0 Å². The minimum atomic E-state index is -2.47. The number of ether oxygens (including phenoxy) is 1. The van der Waals surface area contributed by atoms with Gasteiger partial charge in [-0.2, -0.15) is 0 Å². The van der Waals surface area contributed by atoms with Gasteiger partial charge in [0.05, 0.1) is 12.5 Å². The molecule has 1 aliphatic carbocycles. The zero-order chi connectivity index (χ0) is 14.5. The first-order valence-electron chi connectivity index (χ1n) is 6.96. The quantitative estimate of drug-likeness (QED) is 0.599. The van der Waals surface area contributed by atoms with E-state index in [2.05, 4.69) is 5.32 Å². The summed E-state index contributed by atoms with van der Waals surface area (Å²) in [6.45, 7) is 4.48. The van der Waals surface area contributed by atoms with Gasteiger partial charge in [-0.25, -0.2) is 8.78 Å². The van der Waals surface area contributed by atoms with Crippen LogP contribution < -0.4 is 5.32 Å². The lowest BCUT2D eigenvalue weighted by atomic mass is 9.87. The number of carbonyl (C=O) groups is 1. The van der Waals surface area contributed by atoms with Gasteiger partial charge in [0.2, 0.25) is 5.92 Å². The third kappa shape index (κ3) is 5.43. The van der Waals surface area contributed by atoms with E-state index >= 15 is 0 Å². The molecule has 0 aromatic carbocycles. The lowest BCUT2D eigenvalue weighted by molar-refractivity contribution is -0.151. The molecule has 0 atom stereocenters. The molecule has 5 heteroatoms. The molecular formula is C14H25F2NO2. The highest BCUT2D eigenvalue weighted by Crippen LogP contribution is 2.33. The second kappa shape index (κ2) is 6.64. The van der Waals surface area contributed by atoms with E-state index in [0.29, 0.717) is 12.8 Å². The fourth-order valence-corrected chi connectivity index (χ4v) is 2.46. The summed E-state index contributed by atoms with van der Waals surface area (Å²) in [5.41, 5.74) is -0.476. The van der Waals surface area contributed by atoms with Crippen molar-refractivity contribution in [3.8, 4) is 0 Å². The Hall–Kier alpha value is -0.710. The SMILES string of the molecule is COC(=O)C(C)(C)CCCNC1CCC(F)(F)CC1. The third-order valence-electron chi connectivity index (χ3n) is 3.87. The van der Waals surface area contributed by atoms with Crippen molar-refractivity contribution < 1.29 is 18.3 Å². The van der Waals surface area contributed by atoms with Crippen molar-refractivity contribution in [2.24, 2.45) is 5.41 Å². The van der Waals surface area contributed by atoms with E-state index in [1.165, 1.54) is 7.11 Å². The molecule has 0 heterocycles. The minimum Gasteiger partial charge on any atom is -0.469 e. The highest BCUT2D eigenvalue weighted by atomic mass is 19.3. The normalized spacial score (nSPS) is 20.3.